The third-order valence-electron chi connectivity index (χ3n) is 1.98. The Morgan fingerprint density at radius 3 is 3.00 bits per heavy atom. The highest BCUT2D eigenvalue weighted by Gasteiger charge is 2.08. The van der Waals surface area contributed by atoms with Gasteiger partial charge in [0.05, 0.1) is 11.7 Å². The van der Waals surface area contributed by atoms with Crippen molar-refractivity contribution >= 4 is 0 Å². The van der Waals surface area contributed by atoms with Crippen LogP contribution in [0.1, 0.15) is 31.5 Å². The Bertz CT molecular complexity index is 310. The molecule has 1 rings (SSSR count). The zero-order valence-corrected chi connectivity index (χ0v) is 8.33. The summed E-state index contributed by atoms with van der Waals surface area (Å²) in [6.07, 6.45) is 3.49. The van der Waals surface area contributed by atoms with E-state index in [1.54, 1.807) is 6.20 Å². The summed E-state index contributed by atoms with van der Waals surface area (Å²) in [6, 6.07) is 5.91. The van der Waals surface area contributed by atoms with Crippen molar-refractivity contribution in [1.82, 2.24) is 10.4 Å². The van der Waals surface area contributed by atoms with E-state index in [-0.39, 0.29) is 6.04 Å². The lowest BCUT2D eigenvalue weighted by Gasteiger charge is -2.13. The molecule has 0 amide bonds. The molecule has 0 aliphatic rings. The average molecular weight is 189 g/mol. The Hall–Kier alpha value is -1.37. The van der Waals surface area contributed by atoms with E-state index in [0.717, 1.165) is 18.5 Å². The quantitative estimate of drug-likeness (QED) is 0.427. The predicted molar refractivity (Wildman–Crippen MR) is 57.0 cm³/mol. The third-order valence-corrected chi connectivity index (χ3v) is 1.98. The van der Waals surface area contributed by atoms with Crippen molar-refractivity contribution in [3.8, 4) is 11.8 Å². The zero-order chi connectivity index (χ0) is 10.2. The Morgan fingerprint density at radius 2 is 2.43 bits per heavy atom. The van der Waals surface area contributed by atoms with Gasteiger partial charge in [-0.2, -0.15) is 0 Å². The van der Waals surface area contributed by atoms with Crippen LogP contribution in [-0.4, -0.2) is 4.98 Å². The van der Waals surface area contributed by atoms with Gasteiger partial charge in [0.2, 0.25) is 0 Å². The summed E-state index contributed by atoms with van der Waals surface area (Å²) in [6.45, 7) is 1.84. The number of hydrazine groups is 1. The fourth-order valence-corrected chi connectivity index (χ4v) is 1.24. The van der Waals surface area contributed by atoms with Crippen LogP contribution in [0.3, 0.4) is 0 Å². The van der Waals surface area contributed by atoms with Gasteiger partial charge in [-0.3, -0.25) is 16.3 Å². The molecule has 1 aromatic rings. The molecular formula is C11H15N3. The Balaban J connectivity index is 2.57. The fraction of sp³-hybridized carbons (Fsp3) is 0.364. The molecule has 1 atom stereocenters. The van der Waals surface area contributed by atoms with E-state index < -0.39 is 0 Å². The fourth-order valence-electron chi connectivity index (χ4n) is 1.24. The molecule has 74 valence electrons. The van der Waals surface area contributed by atoms with Crippen LogP contribution in [-0.2, 0) is 0 Å². The number of nitrogens with two attached hydrogens (primary N) is 1. The summed E-state index contributed by atoms with van der Waals surface area (Å²) in [5, 5.41) is 0. The van der Waals surface area contributed by atoms with Crippen LogP contribution in [0.5, 0.6) is 0 Å². The molecule has 0 radical (unpaired) electrons. The van der Waals surface area contributed by atoms with Crippen LogP contribution in [0.4, 0.5) is 0 Å². The molecule has 14 heavy (non-hydrogen) atoms. The molecule has 0 aromatic carbocycles. The smallest absolute Gasteiger partial charge is 0.0641 e. The lowest BCUT2D eigenvalue weighted by molar-refractivity contribution is 0.511. The Morgan fingerprint density at radius 1 is 1.57 bits per heavy atom. The molecule has 1 heterocycles. The number of hydrogen-bond acceptors (Lipinski definition) is 3. The molecule has 0 aliphatic heterocycles. The second-order valence-electron chi connectivity index (χ2n) is 2.94. The molecule has 0 fully saturated rings. The molecular weight excluding hydrogens is 174 g/mol. The van der Waals surface area contributed by atoms with Crippen molar-refractivity contribution in [1.29, 1.82) is 0 Å². The van der Waals surface area contributed by atoms with Gasteiger partial charge in [-0.25, -0.2) is 0 Å². The van der Waals surface area contributed by atoms with E-state index in [9.17, 15) is 0 Å². The van der Waals surface area contributed by atoms with Gasteiger partial charge in [-0.15, -0.1) is 11.8 Å². The van der Waals surface area contributed by atoms with E-state index in [4.69, 9.17) is 5.84 Å². The SMILES string of the molecule is CC#CCCC(NN)c1ccccn1. The van der Waals surface area contributed by atoms with Gasteiger partial charge >= 0.3 is 0 Å². The van der Waals surface area contributed by atoms with Crippen LogP contribution in [0.15, 0.2) is 24.4 Å². The highest BCUT2D eigenvalue weighted by atomic mass is 15.2. The lowest BCUT2D eigenvalue weighted by atomic mass is 10.1. The summed E-state index contributed by atoms with van der Waals surface area (Å²) < 4.78 is 0. The molecule has 3 N–H and O–H groups in total. The summed E-state index contributed by atoms with van der Waals surface area (Å²) in [5.41, 5.74) is 3.71. The van der Waals surface area contributed by atoms with Gasteiger partial charge in [-0.05, 0) is 25.5 Å². The number of hydrogen-bond donors (Lipinski definition) is 2. The highest BCUT2D eigenvalue weighted by molar-refractivity contribution is 5.09. The highest BCUT2D eigenvalue weighted by Crippen LogP contribution is 2.13. The lowest BCUT2D eigenvalue weighted by Crippen LogP contribution is -2.28. The minimum absolute atomic E-state index is 0.0945. The third kappa shape index (κ3) is 3.17. The first kappa shape index (κ1) is 10.7. The van der Waals surface area contributed by atoms with Gasteiger partial charge in [-0.1, -0.05) is 6.07 Å². The van der Waals surface area contributed by atoms with E-state index in [2.05, 4.69) is 22.3 Å². The maximum atomic E-state index is 5.45. The number of pyridine rings is 1. The first-order valence-corrected chi connectivity index (χ1v) is 4.65. The first-order valence-electron chi connectivity index (χ1n) is 4.65. The second-order valence-corrected chi connectivity index (χ2v) is 2.94. The minimum atomic E-state index is 0.0945. The molecule has 0 saturated carbocycles. The van der Waals surface area contributed by atoms with E-state index in [0.29, 0.717) is 0 Å². The summed E-state index contributed by atoms with van der Waals surface area (Å²) in [5.74, 6) is 11.3. The standard InChI is InChI=1S/C11H15N3/c1-2-3-4-8-11(14-12)10-7-5-6-9-13-10/h5-7,9,11,14H,4,8,12H2,1H3. The zero-order valence-electron chi connectivity index (χ0n) is 8.33. The largest absolute Gasteiger partial charge is 0.271 e. The van der Waals surface area contributed by atoms with Gasteiger partial charge in [0.25, 0.3) is 0 Å². The number of aromatic nitrogens is 1. The van der Waals surface area contributed by atoms with Crippen molar-refractivity contribution in [2.24, 2.45) is 5.84 Å². The van der Waals surface area contributed by atoms with Gasteiger partial charge in [0.15, 0.2) is 0 Å². The molecule has 1 aromatic heterocycles. The molecule has 3 heteroatoms. The maximum absolute atomic E-state index is 5.45. The average Bonchev–Trinajstić information content (AvgIpc) is 2.26. The minimum Gasteiger partial charge on any atom is -0.271 e. The van der Waals surface area contributed by atoms with Gasteiger partial charge < -0.3 is 0 Å². The topological polar surface area (TPSA) is 50.9 Å². The number of nitrogens with zero attached hydrogens (tertiary/aromatic N) is 1. The van der Waals surface area contributed by atoms with E-state index >= 15 is 0 Å². The van der Waals surface area contributed by atoms with Crippen LogP contribution in [0.2, 0.25) is 0 Å². The summed E-state index contributed by atoms with van der Waals surface area (Å²) in [7, 11) is 0. The van der Waals surface area contributed by atoms with Crippen LogP contribution in [0.25, 0.3) is 0 Å². The Labute approximate surface area is 84.7 Å². The van der Waals surface area contributed by atoms with Crippen molar-refractivity contribution < 1.29 is 0 Å². The molecule has 0 aliphatic carbocycles. The number of rotatable bonds is 4. The van der Waals surface area contributed by atoms with Crippen LogP contribution >= 0.6 is 0 Å². The van der Waals surface area contributed by atoms with Crippen molar-refractivity contribution in [2.75, 3.05) is 0 Å². The molecule has 3 nitrogen and oxygen atoms in total. The Kier molecular flexibility index (Phi) is 4.70. The van der Waals surface area contributed by atoms with E-state index in [1.807, 2.05) is 25.1 Å². The van der Waals surface area contributed by atoms with Crippen molar-refractivity contribution in [2.45, 2.75) is 25.8 Å². The van der Waals surface area contributed by atoms with Crippen molar-refractivity contribution in [3.63, 3.8) is 0 Å². The van der Waals surface area contributed by atoms with Crippen LogP contribution in [0, 0.1) is 11.8 Å². The second kappa shape index (κ2) is 6.14. The predicted octanol–water partition coefficient (Wildman–Crippen LogP) is 1.39. The normalized spacial score (nSPS) is 11.6. The van der Waals surface area contributed by atoms with Crippen LogP contribution < -0.4 is 11.3 Å². The monoisotopic (exact) mass is 189 g/mol. The van der Waals surface area contributed by atoms with Gasteiger partial charge in [0, 0.05) is 12.6 Å². The molecule has 1 unspecified atom stereocenters. The molecule has 0 bridgehead atoms. The summed E-state index contributed by atoms with van der Waals surface area (Å²) in [4.78, 5) is 4.24. The van der Waals surface area contributed by atoms with E-state index in [1.165, 1.54) is 0 Å². The number of nitrogens with one attached hydrogen (secondary N) is 1. The maximum Gasteiger partial charge on any atom is 0.0641 e. The first-order chi connectivity index (χ1) is 6.88. The van der Waals surface area contributed by atoms with Gasteiger partial charge in [0.1, 0.15) is 0 Å². The summed E-state index contributed by atoms with van der Waals surface area (Å²) >= 11 is 0. The molecule has 0 spiro atoms. The molecule has 0 saturated heterocycles. The van der Waals surface area contributed by atoms with Crippen molar-refractivity contribution in [3.05, 3.63) is 30.1 Å².